The van der Waals surface area contributed by atoms with Crippen LogP contribution in [0.15, 0.2) is 207 Å². The summed E-state index contributed by atoms with van der Waals surface area (Å²) >= 11 is 0. The van der Waals surface area contributed by atoms with Gasteiger partial charge in [-0.2, -0.15) is 0 Å². The fourth-order valence-electron chi connectivity index (χ4n) is 8.62. The van der Waals surface area contributed by atoms with Gasteiger partial charge in [-0.25, -0.2) is 9.98 Å². The van der Waals surface area contributed by atoms with Crippen LogP contribution in [0.2, 0.25) is 0 Å². The van der Waals surface area contributed by atoms with E-state index < -0.39 is 0 Å². The Balaban J connectivity index is 0.973. The zero-order chi connectivity index (χ0) is 39.9. The summed E-state index contributed by atoms with van der Waals surface area (Å²) in [7, 11) is 0. The van der Waals surface area contributed by atoms with E-state index >= 15 is 0 Å². The predicted molar refractivity (Wildman–Crippen MR) is 247 cm³/mol. The van der Waals surface area contributed by atoms with Crippen LogP contribution in [0, 0.1) is 0 Å². The van der Waals surface area contributed by atoms with Crippen molar-refractivity contribution in [3.05, 3.63) is 216 Å². The van der Waals surface area contributed by atoms with E-state index in [2.05, 4.69) is 147 Å². The van der Waals surface area contributed by atoms with Gasteiger partial charge in [-0.05, 0) is 98.2 Å². The van der Waals surface area contributed by atoms with E-state index in [0.29, 0.717) is 18.2 Å². The normalized spacial score (nSPS) is 13.4. The lowest BCUT2D eigenvalue weighted by atomic mass is 9.81. The van der Waals surface area contributed by atoms with E-state index in [1.165, 1.54) is 44.5 Å². The van der Waals surface area contributed by atoms with Crippen LogP contribution in [0.4, 0.5) is 0 Å². The number of rotatable bonds is 7. The standard InChI is InChI=1S/C55H41N3O/c1-55(2)48-22-11-10-20-44(48)45-30-28-43(34-49(45)55)41-19-12-18-40(32-41)37-24-26-38(27-25-37)42-29-31-50-47(33-42)52-46(21-13-23-51(52)59-50)54(56-3)58-53(39-16-8-5-9-17-39)57-35-36-14-6-4-7-15-36/h4-34H,3,35H2,1-2H3/b57-53-,58-54-. The van der Waals surface area contributed by atoms with E-state index in [0.717, 1.165) is 49.8 Å². The SMILES string of the molecule is C=N/C(=N\C(=N/Cc1ccccc1)c1ccccc1)c1cccc2oc3ccc(-c4ccc(-c5cccc(-c6ccc7c(c6)C(C)(C)c6ccccc6-7)c5)cc4)cc3c12. The summed E-state index contributed by atoms with van der Waals surface area (Å²) in [5.74, 6) is 1.08. The molecule has 0 atom stereocenters. The van der Waals surface area contributed by atoms with E-state index in [-0.39, 0.29) is 5.41 Å². The van der Waals surface area contributed by atoms with Gasteiger partial charge in [-0.15, -0.1) is 0 Å². The van der Waals surface area contributed by atoms with Crippen LogP contribution < -0.4 is 0 Å². The third kappa shape index (κ3) is 6.59. The van der Waals surface area contributed by atoms with Crippen molar-refractivity contribution in [2.45, 2.75) is 25.8 Å². The maximum absolute atomic E-state index is 6.40. The number of fused-ring (bicyclic) bond motifs is 6. The first-order valence-corrected chi connectivity index (χ1v) is 20.1. The molecule has 8 aromatic carbocycles. The fraction of sp³-hybridized carbons (Fsp3) is 0.0727. The summed E-state index contributed by atoms with van der Waals surface area (Å²) in [6.45, 7) is 9.12. The van der Waals surface area contributed by atoms with Gasteiger partial charge in [0.15, 0.2) is 11.7 Å². The summed E-state index contributed by atoms with van der Waals surface area (Å²) in [6, 6.07) is 66.1. The lowest BCUT2D eigenvalue weighted by Crippen LogP contribution is -2.14. The molecule has 4 nitrogen and oxygen atoms in total. The summed E-state index contributed by atoms with van der Waals surface area (Å²) < 4.78 is 6.40. The monoisotopic (exact) mass is 759 g/mol. The number of hydrogen-bond donors (Lipinski definition) is 0. The Labute approximate surface area is 344 Å². The summed E-state index contributed by atoms with van der Waals surface area (Å²) in [5, 5.41) is 1.93. The molecule has 1 aliphatic carbocycles. The molecule has 0 N–H and O–H groups in total. The van der Waals surface area contributed by atoms with Gasteiger partial charge < -0.3 is 4.42 Å². The fourth-order valence-corrected chi connectivity index (χ4v) is 8.62. The van der Waals surface area contributed by atoms with Gasteiger partial charge in [0.05, 0.1) is 6.54 Å². The van der Waals surface area contributed by atoms with E-state index in [1.54, 1.807) is 0 Å². The average Bonchev–Trinajstić information content (AvgIpc) is 3.78. The summed E-state index contributed by atoms with van der Waals surface area (Å²) in [6.07, 6.45) is 0. The van der Waals surface area contributed by atoms with Crippen molar-refractivity contribution in [1.29, 1.82) is 0 Å². The largest absolute Gasteiger partial charge is 0.456 e. The quantitative estimate of drug-likeness (QED) is 0.118. The molecule has 0 radical (unpaired) electrons. The molecule has 59 heavy (non-hydrogen) atoms. The van der Waals surface area contributed by atoms with Crippen molar-refractivity contribution in [2.24, 2.45) is 15.0 Å². The maximum Gasteiger partial charge on any atom is 0.161 e. The highest BCUT2D eigenvalue weighted by molar-refractivity contribution is 6.22. The minimum Gasteiger partial charge on any atom is -0.456 e. The first-order chi connectivity index (χ1) is 28.9. The van der Waals surface area contributed by atoms with Crippen LogP contribution in [0.3, 0.4) is 0 Å². The molecule has 0 amide bonds. The second-order valence-electron chi connectivity index (χ2n) is 15.7. The van der Waals surface area contributed by atoms with Gasteiger partial charge in [-0.1, -0.05) is 172 Å². The molecule has 1 aromatic heterocycles. The number of furan rings is 1. The minimum atomic E-state index is -0.0372. The Morgan fingerprint density at radius 1 is 0.508 bits per heavy atom. The topological polar surface area (TPSA) is 50.2 Å². The molecule has 10 rings (SSSR count). The smallest absolute Gasteiger partial charge is 0.161 e. The predicted octanol–water partition coefficient (Wildman–Crippen LogP) is 14.0. The number of nitrogens with zero attached hydrogens (tertiary/aromatic N) is 3. The molecule has 0 aliphatic heterocycles. The zero-order valence-corrected chi connectivity index (χ0v) is 33.1. The molecular formula is C55H41N3O. The van der Waals surface area contributed by atoms with Gasteiger partial charge in [-0.3, -0.25) is 4.99 Å². The third-order valence-corrected chi connectivity index (χ3v) is 11.7. The Bertz CT molecular complexity index is 3100. The van der Waals surface area contributed by atoms with Crippen LogP contribution >= 0.6 is 0 Å². The Morgan fingerprint density at radius 3 is 1.88 bits per heavy atom. The van der Waals surface area contributed by atoms with Crippen molar-refractivity contribution in [1.82, 2.24) is 0 Å². The van der Waals surface area contributed by atoms with Crippen molar-refractivity contribution in [3.8, 4) is 44.5 Å². The van der Waals surface area contributed by atoms with E-state index in [1.807, 2.05) is 66.7 Å². The van der Waals surface area contributed by atoms with E-state index in [9.17, 15) is 0 Å². The molecule has 282 valence electrons. The average molecular weight is 760 g/mol. The van der Waals surface area contributed by atoms with Crippen LogP contribution in [0.5, 0.6) is 0 Å². The molecule has 4 heteroatoms. The molecule has 0 saturated heterocycles. The molecule has 9 aromatic rings. The molecule has 0 fully saturated rings. The lowest BCUT2D eigenvalue weighted by Gasteiger charge is -2.22. The second-order valence-corrected chi connectivity index (χ2v) is 15.7. The maximum atomic E-state index is 6.40. The Kier molecular flexibility index (Phi) is 9.03. The van der Waals surface area contributed by atoms with Crippen LogP contribution in [-0.2, 0) is 12.0 Å². The van der Waals surface area contributed by atoms with E-state index in [4.69, 9.17) is 14.4 Å². The first kappa shape index (κ1) is 35.9. The highest BCUT2D eigenvalue weighted by atomic mass is 16.3. The third-order valence-electron chi connectivity index (χ3n) is 11.7. The first-order valence-electron chi connectivity index (χ1n) is 20.1. The number of aliphatic imine (C=N–C) groups is 3. The van der Waals surface area contributed by atoms with Gasteiger partial charge in [0.1, 0.15) is 11.2 Å². The molecule has 1 heterocycles. The molecule has 0 spiro atoms. The highest BCUT2D eigenvalue weighted by Crippen LogP contribution is 2.49. The lowest BCUT2D eigenvalue weighted by molar-refractivity contribution is 0.660. The molecule has 1 aliphatic rings. The van der Waals surface area contributed by atoms with Gasteiger partial charge in [0.2, 0.25) is 0 Å². The van der Waals surface area contributed by atoms with Crippen molar-refractivity contribution >= 4 is 40.3 Å². The number of benzene rings is 8. The van der Waals surface area contributed by atoms with Crippen molar-refractivity contribution < 1.29 is 4.42 Å². The Morgan fingerprint density at radius 2 is 1.12 bits per heavy atom. The van der Waals surface area contributed by atoms with Gasteiger partial charge >= 0.3 is 0 Å². The molecule has 0 bridgehead atoms. The van der Waals surface area contributed by atoms with Crippen LogP contribution in [0.25, 0.3) is 66.4 Å². The Hall–Kier alpha value is -7.43. The number of amidine groups is 2. The minimum absolute atomic E-state index is 0.0372. The summed E-state index contributed by atoms with van der Waals surface area (Å²) in [4.78, 5) is 14.5. The second kappa shape index (κ2) is 14.8. The van der Waals surface area contributed by atoms with Crippen molar-refractivity contribution in [3.63, 3.8) is 0 Å². The molecule has 0 saturated carbocycles. The summed E-state index contributed by atoms with van der Waals surface area (Å²) in [5.41, 5.74) is 16.9. The zero-order valence-electron chi connectivity index (χ0n) is 33.1. The molecule has 0 unspecified atom stereocenters. The number of hydrogen-bond acceptors (Lipinski definition) is 2. The van der Waals surface area contributed by atoms with Gasteiger partial charge in [0.25, 0.3) is 0 Å². The highest BCUT2D eigenvalue weighted by Gasteiger charge is 2.35. The van der Waals surface area contributed by atoms with Crippen molar-refractivity contribution in [2.75, 3.05) is 0 Å². The molecular weight excluding hydrogens is 719 g/mol. The van der Waals surface area contributed by atoms with Crippen LogP contribution in [-0.4, -0.2) is 18.4 Å². The van der Waals surface area contributed by atoms with Crippen LogP contribution in [0.1, 0.15) is 41.7 Å². The van der Waals surface area contributed by atoms with Gasteiger partial charge in [0, 0.05) is 27.3 Å².